The van der Waals surface area contributed by atoms with Crippen molar-refractivity contribution < 1.29 is 13.2 Å². The lowest BCUT2D eigenvalue weighted by Gasteiger charge is -2.34. The highest BCUT2D eigenvalue weighted by Gasteiger charge is 2.38. The summed E-state index contributed by atoms with van der Waals surface area (Å²) in [6, 6.07) is 12.1. The van der Waals surface area contributed by atoms with Crippen LogP contribution in [-0.2, 0) is 21.2 Å². The number of hydrogen-bond donors (Lipinski definition) is 0. The molecule has 0 bridgehead atoms. The molecule has 5 nitrogen and oxygen atoms in total. The molecule has 0 N–H and O–H groups in total. The lowest BCUT2D eigenvalue weighted by Crippen LogP contribution is -2.46. The van der Waals surface area contributed by atoms with E-state index in [-0.39, 0.29) is 17.9 Å². The summed E-state index contributed by atoms with van der Waals surface area (Å²) in [5.74, 6) is -0.00235. The summed E-state index contributed by atoms with van der Waals surface area (Å²) in [7, 11) is -3.56. The molecule has 2 aromatic rings. The van der Waals surface area contributed by atoms with Crippen molar-refractivity contribution in [1.82, 2.24) is 4.31 Å². The van der Waals surface area contributed by atoms with E-state index in [9.17, 15) is 13.2 Å². The van der Waals surface area contributed by atoms with Crippen LogP contribution in [0.2, 0.25) is 0 Å². The van der Waals surface area contributed by atoms with Gasteiger partial charge in [0, 0.05) is 30.7 Å². The first-order valence-electron chi connectivity index (χ1n) is 10.7. The topological polar surface area (TPSA) is 57.7 Å². The van der Waals surface area contributed by atoms with Gasteiger partial charge in [-0.2, -0.15) is 4.31 Å². The first-order chi connectivity index (χ1) is 14.2. The summed E-state index contributed by atoms with van der Waals surface area (Å²) in [4.78, 5) is 15.6. The number of para-hydroxylation sites is 1. The Balaban J connectivity index is 1.50. The number of amides is 1. The van der Waals surface area contributed by atoms with Crippen molar-refractivity contribution in [2.75, 3.05) is 18.0 Å². The van der Waals surface area contributed by atoms with Gasteiger partial charge in [-0.1, -0.05) is 35.9 Å². The van der Waals surface area contributed by atoms with Gasteiger partial charge in [0.05, 0.1) is 4.90 Å². The van der Waals surface area contributed by atoms with Crippen LogP contribution in [0.4, 0.5) is 5.69 Å². The Morgan fingerprint density at radius 1 is 1.00 bits per heavy atom. The molecule has 1 amide bonds. The second-order valence-corrected chi connectivity index (χ2v) is 10.7. The second kappa shape index (κ2) is 7.82. The second-order valence-electron chi connectivity index (χ2n) is 8.80. The van der Waals surface area contributed by atoms with E-state index in [0.717, 1.165) is 28.8 Å². The van der Waals surface area contributed by atoms with Gasteiger partial charge < -0.3 is 4.90 Å². The average Bonchev–Trinajstić information content (AvgIpc) is 3.02. The summed E-state index contributed by atoms with van der Waals surface area (Å²) < 4.78 is 28.2. The van der Waals surface area contributed by atoms with Crippen molar-refractivity contribution in [2.24, 2.45) is 5.92 Å². The number of sulfonamides is 1. The Hall–Kier alpha value is -2.18. The zero-order valence-electron chi connectivity index (χ0n) is 18.2. The number of nitrogens with zero attached hydrogens (tertiary/aromatic N) is 2. The zero-order chi connectivity index (χ0) is 21.6. The van der Waals surface area contributed by atoms with Gasteiger partial charge in [0.15, 0.2) is 0 Å². The maximum atomic E-state index is 13.3. The van der Waals surface area contributed by atoms with Gasteiger partial charge in [-0.25, -0.2) is 8.42 Å². The van der Waals surface area contributed by atoms with E-state index in [4.69, 9.17) is 0 Å². The van der Waals surface area contributed by atoms with Gasteiger partial charge in [-0.3, -0.25) is 4.79 Å². The fraction of sp³-hybridized carbons (Fsp3) is 0.458. The molecular formula is C24H30N2O3S. The molecule has 2 aliphatic rings. The van der Waals surface area contributed by atoms with Crippen LogP contribution in [0.25, 0.3) is 0 Å². The van der Waals surface area contributed by atoms with E-state index in [1.165, 1.54) is 5.56 Å². The molecule has 6 heteroatoms. The van der Waals surface area contributed by atoms with E-state index in [1.54, 1.807) is 4.31 Å². The van der Waals surface area contributed by atoms with Crippen molar-refractivity contribution in [3.05, 3.63) is 58.7 Å². The predicted molar refractivity (Wildman–Crippen MR) is 119 cm³/mol. The number of carbonyl (C=O) groups excluding carboxylic acids is 1. The van der Waals surface area contributed by atoms with Crippen LogP contribution >= 0.6 is 0 Å². The molecular weight excluding hydrogens is 396 g/mol. The normalized spacial score (nSPS) is 20.4. The van der Waals surface area contributed by atoms with Crippen LogP contribution < -0.4 is 4.90 Å². The van der Waals surface area contributed by atoms with Crippen LogP contribution in [0.3, 0.4) is 0 Å². The maximum absolute atomic E-state index is 13.3. The van der Waals surface area contributed by atoms with Crippen molar-refractivity contribution in [3.8, 4) is 0 Å². The number of fused-ring (bicyclic) bond motifs is 1. The lowest BCUT2D eigenvalue weighted by atomic mass is 9.96. The maximum Gasteiger partial charge on any atom is 0.243 e. The molecule has 160 valence electrons. The van der Waals surface area contributed by atoms with E-state index in [2.05, 4.69) is 13.0 Å². The molecule has 2 aromatic carbocycles. The van der Waals surface area contributed by atoms with Crippen molar-refractivity contribution in [3.63, 3.8) is 0 Å². The van der Waals surface area contributed by atoms with Crippen LogP contribution in [0.15, 0.2) is 41.3 Å². The number of rotatable bonds is 3. The summed E-state index contributed by atoms with van der Waals surface area (Å²) in [6.07, 6.45) is 2.00. The van der Waals surface area contributed by atoms with Gasteiger partial charge in [-0.15, -0.1) is 0 Å². The molecule has 0 unspecified atom stereocenters. The van der Waals surface area contributed by atoms with Gasteiger partial charge in [0.25, 0.3) is 0 Å². The van der Waals surface area contributed by atoms with Gasteiger partial charge in [0.2, 0.25) is 15.9 Å². The molecule has 1 fully saturated rings. The third kappa shape index (κ3) is 3.56. The summed E-state index contributed by atoms with van der Waals surface area (Å²) >= 11 is 0. The Kier molecular flexibility index (Phi) is 5.49. The van der Waals surface area contributed by atoms with Gasteiger partial charge in [-0.05, 0) is 69.7 Å². The summed E-state index contributed by atoms with van der Waals surface area (Å²) in [6.45, 7) is 8.54. The van der Waals surface area contributed by atoms with E-state index < -0.39 is 10.0 Å². The molecule has 0 aromatic heterocycles. The molecule has 2 aliphatic heterocycles. The number of carbonyl (C=O) groups is 1. The lowest BCUT2D eigenvalue weighted by molar-refractivity contribution is -0.123. The average molecular weight is 427 g/mol. The standard InChI is InChI=1S/C24H30N2O3S/c1-16-13-17(2)23(18(3)14-16)30(28,29)25-11-9-20(10-12-25)24(27)26-19(4)15-21-7-5-6-8-22(21)26/h5-8,13-14,19-20H,9-12,15H2,1-4H3/t19-/m0/s1. The number of hydrogen-bond acceptors (Lipinski definition) is 3. The SMILES string of the molecule is Cc1cc(C)c(S(=O)(=O)N2CCC(C(=O)N3c4ccccc4C[C@@H]3C)CC2)c(C)c1. The van der Waals surface area contributed by atoms with Crippen LogP contribution in [0, 0.1) is 26.7 Å². The minimum Gasteiger partial charge on any atom is -0.309 e. The third-order valence-electron chi connectivity index (χ3n) is 6.45. The molecule has 0 aliphatic carbocycles. The quantitative estimate of drug-likeness (QED) is 0.746. The number of aryl methyl sites for hydroxylation is 3. The first kappa shape index (κ1) is 21.1. The molecule has 0 spiro atoms. The Morgan fingerprint density at radius 3 is 2.23 bits per heavy atom. The molecule has 1 atom stereocenters. The van der Waals surface area contributed by atoms with Crippen LogP contribution in [0.1, 0.15) is 42.0 Å². The Labute approximate surface area is 179 Å². The number of benzene rings is 2. The van der Waals surface area contributed by atoms with Crippen molar-refractivity contribution in [2.45, 2.75) is 57.9 Å². The largest absolute Gasteiger partial charge is 0.309 e. The highest BCUT2D eigenvalue weighted by Crippen LogP contribution is 2.35. The van der Waals surface area contributed by atoms with Crippen LogP contribution in [-0.4, -0.2) is 37.8 Å². The van der Waals surface area contributed by atoms with Crippen molar-refractivity contribution >= 4 is 21.6 Å². The fourth-order valence-corrected chi connectivity index (χ4v) is 7.03. The van der Waals surface area contributed by atoms with Crippen molar-refractivity contribution in [1.29, 1.82) is 0 Å². The van der Waals surface area contributed by atoms with E-state index >= 15 is 0 Å². The fourth-order valence-electron chi connectivity index (χ4n) is 5.14. The Bertz CT molecular complexity index is 1060. The molecule has 30 heavy (non-hydrogen) atoms. The van der Waals surface area contributed by atoms with Gasteiger partial charge in [0.1, 0.15) is 0 Å². The highest BCUT2D eigenvalue weighted by atomic mass is 32.2. The predicted octanol–water partition coefficient (Wildman–Crippen LogP) is 3.99. The highest BCUT2D eigenvalue weighted by molar-refractivity contribution is 7.89. The molecule has 2 heterocycles. The number of anilines is 1. The van der Waals surface area contributed by atoms with Crippen LogP contribution in [0.5, 0.6) is 0 Å². The van der Waals surface area contributed by atoms with E-state index in [1.807, 2.05) is 56.0 Å². The third-order valence-corrected chi connectivity index (χ3v) is 8.66. The monoisotopic (exact) mass is 426 g/mol. The summed E-state index contributed by atoms with van der Waals surface area (Å²) in [5.41, 5.74) is 4.86. The zero-order valence-corrected chi connectivity index (χ0v) is 19.0. The molecule has 4 rings (SSSR count). The molecule has 1 saturated heterocycles. The molecule has 0 radical (unpaired) electrons. The minimum atomic E-state index is -3.56. The summed E-state index contributed by atoms with van der Waals surface area (Å²) in [5, 5.41) is 0. The first-order valence-corrected chi connectivity index (χ1v) is 12.1. The number of piperidine rings is 1. The van der Waals surface area contributed by atoms with E-state index in [0.29, 0.717) is 30.8 Å². The minimum absolute atomic E-state index is 0.132. The Morgan fingerprint density at radius 2 is 1.60 bits per heavy atom. The molecule has 0 saturated carbocycles. The van der Waals surface area contributed by atoms with Gasteiger partial charge >= 0.3 is 0 Å². The smallest absolute Gasteiger partial charge is 0.243 e.